The van der Waals surface area contributed by atoms with Gasteiger partial charge in [-0.2, -0.15) is 0 Å². The molecule has 5 nitrogen and oxygen atoms in total. The normalized spacial score (nSPS) is 11.6. The van der Waals surface area contributed by atoms with Gasteiger partial charge in [0, 0.05) is 34.5 Å². The molecule has 5 rings (SSSR count). The fourth-order valence-corrected chi connectivity index (χ4v) is 3.84. The number of hydrogen-bond donors (Lipinski definition) is 0. The number of pyridine rings is 2. The molecule has 0 aliphatic heterocycles. The molecule has 0 saturated carbocycles. The monoisotopic (exact) mass is 444 g/mol. The highest BCUT2D eigenvalue weighted by Gasteiger charge is 2.27. The second kappa shape index (κ2) is 9.46. The van der Waals surface area contributed by atoms with Crippen molar-refractivity contribution in [3.8, 4) is 11.3 Å². The van der Waals surface area contributed by atoms with Crippen molar-refractivity contribution in [1.29, 1.82) is 0 Å². The molecule has 0 aliphatic carbocycles. The van der Waals surface area contributed by atoms with Crippen LogP contribution < -0.4 is 0 Å². The van der Waals surface area contributed by atoms with Gasteiger partial charge in [-0.3, -0.25) is 9.78 Å². The molecule has 0 spiro atoms. The van der Waals surface area contributed by atoms with Gasteiger partial charge in [0.25, 0.3) is 0 Å². The van der Waals surface area contributed by atoms with Crippen LogP contribution in [0.3, 0.4) is 0 Å². The Bertz CT molecular complexity index is 1450. The molecule has 5 heteroatoms. The Hall–Kier alpha value is -4.64. The third-order valence-electron chi connectivity index (χ3n) is 5.54. The molecule has 0 fully saturated rings. The Morgan fingerprint density at radius 2 is 1.38 bits per heavy atom. The lowest BCUT2D eigenvalue weighted by atomic mass is 9.99. The van der Waals surface area contributed by atoms with Gasteiger partial charge in [0.2, 0.25) is 5.78 Å². The van der Waals surface area contributed by atoms with Crippen LogP contribution in [0.4, 0.5) is 0 Å². The summed E-state index contributed by atoms with van der Waals surface area (Å²) in [6, 6.07) is 30.7. The first-order chi connectivity index (χ1) is 16.7. The van der Waals surface area contributed by atoms with Crippen LogP contribution in [0.25, 0.3) is 22.2 Å². The highest BCUT2D eigenvalue weighted by atomic mass is 16.5. The standard InChI is InChI=1S/C29H20N2O3/c32-27(21-9-3-1-4-10-21)28(22-11-5-2-6-12-22)34-29(33)24-19-26(20-15-17-30-18-16-20)31-25-14-8-7-13-23(24)25/h1-19,28H. The SMILES string of the molecule is O=C(OC(C(=O)c1ccccc1)c1ccccc1)c1cc(-c2ccncc2)nc2ccccc12. The summed E-state index contributed by atoms with van der Waals surface area (Å²) < 4.78 is 5.91. The summed E-state index contributed by atoms with van der Waals surface area (Å²) in [6.45, 7) is 0. The van der Waals surface area contributed by atoms with Gasteiger partial charge >= 0.3 is 5.97 Å². The quantitative estimate of drug-likeness (QED) is 0.235. The molecule has 0 aliphatic rings. The lowest BCUT2D eigenvalue weighted by Crippen LogP contribution is -2.20. The van der Waals surface area contributed by atoms with Crippen molar-refractivity contribution < 1.29 is 14.3 Å². The largest absolute Gasteiger partial charge is 0.445 e. The van der Waals surface area contributed by atoms with E-state index in [-0.39, 0.29) is 5.78 Å². The van der Waals surface area contributed by atoms with Gasteiger partial charge in [-0.25, -0.2) is 9.78 Å². The molecule has 0 radical (unpaired) electrons. The Balaban J connectivity index is 1.57. The van der Waals surface area contributed by atoms with E-state index < -0.39 is 12.1 Å². The predicted molar refractivity (Wildman–Crippen MR) is 130 cm³/mol. The molecule has 34 heavy (non-hydrogen) atoms. The molecule has 164 valence electrons. The first-order valence-corrected chi connectivity index (χ1v) is 10.9. The number of fused-ring (bicyclic) bond motifs is 1. The van der Waals surface area contributed by atoms with E-state index in [2.05, 4.69) is 4.98 Å². The number of benzene rings is 3. The molecule has 3 aromatic carbocycles. The lowest BCUT2D eigenvalue weighted by molar-refractivity contribution is 0.0282. The zero-order valence-corrected chi connectivity index (χ0v) is 18.2. The first-order valence-electron chi connectivity index (χ1n) is 10.9. The fourth-order valence-electron chi connectivity index (χ4n) is 3.84. The Morgan fingerprint density at radius 1 is 0.735 bits per heavy atom. The van der Waals surface area contributed by atoms with Gasteiger partial charge in [-0.05, 0) is 24.3 Å². The molecular formula is C29H20N2O3. The number of ketones is 1. The number of carbonyl (C=O) groups is 2. The molecule has 0 saturated heterocycles. The van der Waals surface area contributed by atoms with Crippen molar-refractivity contribution in [2.75, 3.05) is 0 Å². The molecule has 0 bridgehead atoms. The third-order valence-corrected chi connectivity index (χ3v) is 5.54. The summed E-state index contributed by atoms with van der Waals surface area (Å²) >= 11 is 0. The van der Waals surface area contributed by atoms with E-state index in [1.807, 2.05) is 60.7 Å². The lowest BCUT2D eigenvalue weighted by Gasteiger charge is -2.18. The Kier molecular flexibility index (Phi) is 5.91. The molecule has 1 atom stereocenters. The zero-order valence-electron chi connectivity index (χ0n) is 18.2. The molecule has 1 unspecified atom stereocenters. The summed E-state index contributed by atoms with van der Waals surface area (Å²) in [5, 5.41) is 0.657. The average Bonchev–Trinajstić information content (AvgIpc) is 2.92. The zero-order chi connectivity index (χ0) is 23.3. The third kappa shape index (κ3) is 4.32. The Labute approximate surface area is 196 Å². The molecule has 0 amide bonds. The van der Waals surface area contributed by atoms with E-state index >= 15 is 0 Å². The van der Waals surface area contributed by atoms with E-state index in [0.717, 1.165) is 5.56 Å². The second-order valence-corrected chi connectivity index (χ2v) is 7.73. The summed E-state index contributed by atoms with van der Waals surface area (Å²) in [5.41, 5.74) is 3.54. The number of para-hydroxylation sites is 1. The fraction of sp³-hybridized carbons (Fsp3) is 0.0345. The van der Waals surface area contributed by atoms with Gasteiger partial charge in [-0.15, -0.1) is 0 Å². The predicted octanol–water partition coefficient (Wildman–Crippen LogP) is 6.08. The van der Waals surface area contributed by atoms with E-state index in [1.165, 1.54) is 0 Å². The van der Waals surface area contributed by atoms with Gasteiger partial charge in [0.05, 0.1) is 16.8 Å². The molecule has 5 aromatic rings. The number of carbonyl (C=O) groups excluding carboxylic acids is 2. The molecule has 0 N–H and O–H groups in total. The smallest absolute Gasteiger partial charge is 0.339 e. The topological polar surface area (TPSA) is 69.2 Å². The molecular weight excluding hydrogens is 424 g/mol. The molecule has 2 aromatic heterocycles. The van der Waals surface area contributed by atoms with E-state index in [0.29, 0.717) is 33.3 Å². The van der Waals surface area contributed by atoms with Crippen molar-refractivity contribution in [3.63, 3.8) is 0 Å². The number of hydrogen-bond acceptors (Lipinski definition) is 5. The Morgan fingerprint density at radius 3 is 2.12 bits per heavy atom. The van der Waals surface area contributed by atoms with Crippen molar-refractivity contribution in [3.05, 3.63) is 132 Å². The minimum Gasteiger partial charge on any atom is -0.445 e. The van der Waals surface area contributed by atoms with E-state index in [9.17, 15) is 9.59 Å². The molecule has 2 heterocycles. The first kappa shape index (κ1) is 21.2. The van der Waals surface area contributed by atoms with Crippen molar-refractivity contribution in [2.45, 2.75) is 6.10 Å². The van der Waals surface area contributed by atoms with Gasteiger partial charge in [-0.1, -0.05) is 78.9 Å². The number of ether oxygens (including phenoxy) is 1. The van der Waals surface area contributed by atoms with Crippen LogP contribution >= 0.6 is 0 Å². The van der Waals surface area contributed by atoms with Crippen LogP contribution in [0.1, 0.15) is 32.4 Å². The summed E-state index contributed by atoms with van der Waals surface area (Å²) in [7, 11) is 0. The number of Topliss-reactive ketones (excluding diaryl/α,β-unsaturated/α-hetero) is 1. The van der Waals surface area contributed by atoms with Crippen LogP contribution in [-0.4, -0.2) is 21.7 Å². The van der Waals surface area contributed by atoms with Gasteiger partial charge in [0.1, 0.15) is 0 Å². The van der Waals surface area contributed by atoms with Crippen LogP contribution in [0.2, 0.25) is 0 Å². The summed E-state index contributed by atoms with van der Waals surface area (Å²) in [6.07, 6.45) is 2.27. The summed E-state index contributed by atoms with van der Waals surface area (Å²) in [5.74, 6) is -0.875. The minimum absolute atomic E-state index is 0.284. The maximum Gasteiger partial charge on any atom is 0.339 e. The highest BCUT2D eigenvalue weighted by molar-refractivity contribution is 6.07. The average molecular weight is 444 g/mol. The number of rotatable bonds is 6. The van der Waals surface area contributed by atoms with E-state index in [1.54, 1.807) is 54.9 Å². The second-order valence-electron chi connectivity index (χ2n) is 7.73. The van der Waals surface area contributed by atoms with Crippen molar-refractivity contribution >= 4 is 22.7 Å². The van der Waals surface area contributed by atoms with Crippen LogP contribution in [-0.2, 0) is 4.74 Å². The van der Waals surface area contributed by atoms with Crippen LogP contribution in [0, 0.1) is 0 Å². The number of esters is 1. The minimum atomic E-state index is -1.08. The maximum atomic E-state index is 13.5. The van der Waals surface area contributed by atoms with E-state index in [4.69, 9.17) is 9.72 Å². The number of nitrogens with zero attached hydrogens (tertiary/aromatic N) is 2. The van der Waals surface area contributed by atoms with Crippen LogP contribution in [0.15, 0.2) is 116 Å². The van der Waals surface area contributed by atoms with Gasteiger partial charge < -0.3 is 4.74 Å². The van der Waals surface area contributed by atoms with Crippen molar-refractivity contribution in [2.24, 2.45) is 0 Å². The van der Waals surface area contributed by atoms with Crippen molar-refractivity contribution in [1.82, 2.24) is 9.97 Å². The summed E-state index contributed by atoms with van der Waals surface area (Å²) in [4.78, 5) is 35.7. The number of aromatic nitrogens is 2. The van der Waals surface area contributed by atoms with Gasteiger partial charge in [0.15, 0.2) is 6.10 Å². The van der Waals surface area contributed by atoms with Crippen LogP contribution in [0.5, 0.6) is 0 Å². The maximum absolute atomic E-state index is 13.5. The highest BCUT2D eigenvalue weighted by Crippen LogP contribution is 2.28.